The van der Waals surface area contributed by atoms with Gasteiger partial charge < -0.3 is 0 Å². The van der Waals surface area contributed by atoms with Crippen LogP contribution in [0.15, 0.2) is 29.4 Å². The zero-order chi connectivity index (χ0) is 14.0. The van der Waals surface area contributed by atoms with E-state index in [0.29, 0.717) is 0 Å². The highest BCUT2D eigenvalue weighted by molar-refractivity contribution is 8.03. The Morgan fingerprint density at radius 3 is 1.83 bits per heavy atom. The molecule has 0 aliphatic rings. The molecule has 0 amide bonds. The first kappa shape index (κ1) is 14.4. The maximum absolute atomic E-state index is 10.9. The van der Waals surface area contributed by atoms with Crippen molar-refractivity contribution in [3.8, 4) is 0 Å². The highest BCUT2D eigenvalue weighted by Gasteiger charge is 2.37. The Hall–Kier alpha value is -1.65. The topological polar surface area (TPSA) is 158 Å². The smallest absolute Gasteiger partial charge is 0.284 e. The maximum atomic E-state index is 10.9. The van der Waals surface area contributed by atoms with Crippen molar-refractivity contribution in [3.05, 3.63) is 40.3 Å². The summed E-state index contributed by atoms with van der Waals surface area (Å²) in [6, 6.07) is 4.27. The summed E-state index contributed by atoms with van der Waals surface area (Å²) in [7, 11) is -10.1. The van der Waals surface area contributed by atoms with Crippen LogP contribution in [0.2, 0.25) is 0 Å². The van der Waals surface area contributed by atoms with E-state index in [-0.39, 0.29) is 11.3 Å². The number of nitrogens with zero attached hydrogens (tertiary/aromatic N) is 3. The number of hydrogen-bond donors (Lipinski definition) is 2. The average Bonchev–Trinajstić information content (AvgIpc) is 2.17. The lowest BCUT2D eigenvalue weighted by atomic mass is 10.2. The van der Waals surface area contributed by atoms with Gasteiger partial charge >= 0.3 is 0 Å². The Balaban J connectivity index is 3.37. The van der Waals surface area contributed by atoms with Crippen LogP contribution in [0.25, 0.3) is 10.4 Å². The van der Waals surface area contributed by atoms with E-state index in [2.05, 4.69) is 10.0 Å². The van der Waals surface area contributed by atoms with Gasteiger partial charge in [0, 0.05) is 10.6 Å². The van der Waals surface area contributed by atoms with Gasteiger partial charge in [0.2, 0.25) is 4.58 Å². The van der Waals surface area contributed by atoms with Gasteiger partial charge in [-0.25, -0.2) is 0 Å². The second kappa shape index (κ2) is 4.92. The third-order valence-electron chi connectivity index (χ3n) is 1.87. The summed E-state index contributed by atoms with van der Waals surface area (Å²) in [5, 5.41) is 3.19. The lowest BCUT2D eigenvalue weighted by Gasteiger charge is -2.10. The molecule has 2 N–H and O–H groups in total. The fourth-order valence-corrected chi connectivity index (χ4v) is 3.48. The predicted molar refractivity (Wildman–Crippen MR) is 61.1 cm³/mol. The normalized spacial score (nSPS) is 12.2. The molecule has 0 aliphatic carbocycles. The van der Waals surface area contributed by atoms with E-state index in [1.807, 2.05) is 0 Å². The van der Waals surface area contributed by atoms with Gasteiger partial charge in [-0.3, -0.25) is 9.11 Å². The van der Waals surface area contributed by atoms with E-state index < -0.39 is 24.8 Å². The summed E-state index contributed by atoms with van der Waals surface area (Å²) >= 11 is 0. The second-order valence-electron chi connectivity index (χ2n) is 3.14. The first-order valence-electron chi connectivity index (χ1n) is 4.24. The van der Waals surface area contributed by atoms with Crippen molar-refractivity contribution in [1.82, 2.24) is 0 Å². The van der Waals surface area contributed by atoms with E-state index in [0.717, 1.165) is 24.3 Å². The van der Waals surface area contributed by atoms with Crippen molar-refractivity contribution in [2.45, 2.75) is 4.58 Å². The molecule has 98 valence electrons. The Morgan fingerprint density at radius 2 is 1.50 bits per heavy atom. The van der Waals surface area contributed by atoms with Crippen molar-refractivity contribution in [2.24, 2.45) is 5.11 Å². The molecule has 0 unspecified atom stereocenters. The molecule has 0 fully saturated rings. The van der Waals surface area contributed by atoms with Crippen LogP contribution < -0.4 is 0 Å². The number of azide groups is 1. The molecule has 0 bridgehead atoms. The molecule has 0 aliphatic heterocycles. The minimum Gasteiger partial charge on any atom is -0.284 e. The fourth-order valence-electron chi connectivity index (χ4n) is 1.25. The minimum absolute atomic E-state index is 0.116. The van der Waals surface area contributed by atoms with Crippen LogP contribution in [-0.2, 0) is 20.2 Å². The van der Waals surface area contributed by atoms with Crippen LogP contribution in [0.1, 0.15) is 10.1 Å². The summed E-state index contributed by atoms with van der Waals surface area (Å²) in [5.41, 5.74) is 7.88. The second-order valence-corrected chi connectivity index (χ2v) is 6.44. The monoisotopic (exact) mass is 293 g/mol. The molecule has 1 rings (SSSR count). The molecule has 1 aromatic carbocycles. The van der Waals surface area contributed by atoms with E-state index >= 15 is 0 Å². The van der Waals surface area contributed by atoms with Crippen LogP contribution in [0, 0.1) is 0 Å². The number of rotatable bonds is 4. The van der Waals surface area contributed by atoms with Crippen LogP contribution in [0.4, 0.5) is 5.69 Å². The van der Waals surface area contributed by atoms with E-state index in [1.165, 1.54) is 0 Å². The van der Waals surface area contributed by atoms with Crippen LogP contribution in [-0.4, -0.2) is 25.9 Å². The Morgan fingerprint density at radius 1 is 1.06 bits per heavy atom. The highest BCUT2D eigenvalue weighted by Crippen LogP contribution is 2.28. The standard InChI is InChI=1S/C7H7N3O6S2/c8-10-9-6-3-1-5(2-4-6)7(17(11,12)13)18(14,15)16/h1-4,7H,(H,11,12,13)(H,14,15,16). The van der Waals surface area contributed by atoms with Crippen molar-refractivity contribution in [2.75, 3.05) is 0 Å². The van der Waals surface area contributed by atoms with Crippen molar-refractivity contribution < 1.29 is 25.9 Å². The van der Waals surface area contributed by atoms with Gasteiger partial charge in [-0.2, -0.15) is 16.8 Å². The fraction of sp³-hybridized carbons (Fsp3) is 0.143. The Labute approximate surface area is 102 Å². The van der Waals surface area contributed by atoms with Gasteiger partial charge in [-0.05, 0) is 11.1 Å². The molecule has 11 heteroatoms. The molecule has 0 saturated carbocycles. The van der Waals surface area contributed by atoms with Crippen molar-refractivity contribution >= 4 is 25.9 Å². The Bertz CT molecular complexity index is 655. The quantitative estimate of drug-likeness (QED) is 0.369. The van der Waals surface area contributed by atoms with Gasteiger partial charge in [-0.15, -0.1) is 0 Å². The van der Waals surface area contributed by atoms with Crippen molar-refractivity contribution in [3.63, 3.8) is 0 Å². The van der Waals surface area contributed by atoms with Gasteiger partial charge in [0.25, 0.3) is 20.2 Å². The molecule has 0 radical (unpaired) electrons. The highest BCUT2D eigenvalue weighted by atomic mass is 32.3. The number of hydrogen-bond acceptors (Lipinski definition) is 5. The predicted octanol–water partition coefficient (Wildman–Crippen LogP) is 1.40. The summed E-state index contributed by atoms with van der Waals surface area (Å²) in [6.07, 6.45) is 0. The molecule has 18 heavy (non-hydrogen) atoms. The summed E-state index contributed by atoms with van der Waals surface area (Å²) < 4.78 is 58.8. The van der Waals surface area contributed by atoms with E-state index in [9.17, 15) is 16.8 Å². The molecule has 0 heterocycles. The minimum atomic E-state index is -5.04. The molecule has 0 aromatic heterocycles. The van der Waals surface area contributed by atoms with Gasteiger partial charge in [0.1, 0.15) is 0 Å². The van der Waals surface area contributed by atoms with Crippen molar-refractivity contribution in [1.29, 1.82) is 0 Å². The summed E-state index contributed by atoms with van der Waals surface area (Å²) in [5.74, 6) is 0. The zero-order valence-corrected chi connectivity index (χ0v) is 10.2. The molecule has 9 nitrogen and oxygen atoms in total. The average molecular weight is 293 g/mol. The third kappa shape index (κ3) is 3.42. The molecule has 0 saturated heterocycles. The largest absolute Gasteiger partial charge is 0.289 e. The van der Waals surface area contributed by atoms with Crippen LogP contribution >= 0.6 is 0 Å². The summed E-state index contributed by atoms with van der Waals surface area (Å²) in [4.78, 5) is 2.47. The van der Waals surface area contributed by atoms with E-state index in [1.54, 1.807) is 0 Å². The molecular formula is C7H7N3O6S2. The molecular weight excluding hydrogens is 286 g/mol. The maximum Gasteiger partial charge on any atom is 0.289 e. The molecule has 1 aromatic rings. The van der Waals surface area contributed by atoms with Crippen LogP contribution in [0.3, 0.4) is 0 Å². The lowest BCUT2D eigenvalue weighted by molar-refractivity contribution is 0.456. The first-order chi connectivity index (χ1) is 8.16. The third-order valence-corrected chi connectivity index (χ3v) is 4.95. The van der Waals surface area contributed by atoms with Gasteiger partial charge in [0.15, 0.2) is 0 Å². The first-order valence-corrected chi connectivity index (χ1v) is 7.24. The van der Waals surface area contributed by atoms with Gasteiger partial charge in [0.05, 0.1) is 0 Å². The van der Waals surface area contributed by atoms with Crippen LogP contribution in [0.5, 0.6) is 0 Å². The number of benzene rings is 1. The lowest BCUT2D eigenvalue weighted by Crippen LogP contribution is -2.21. The summed E-state index contributed by atoms with van der Waals surface area (Å²) in [6.45, 7) is 0. The van der Waals surface area contributed by atoms with E-state index in [4.69, 9.17) is 14.6 Å². The molecule has 0 spiro atoms. The zero-order valence-electron chi connectivity index (χ0n) is 8.57. The Kier molecular flexibility index (Phi) is 3.94. The van der Waals surface area contributed by atoms with Gasteiger partial charge in [-0.1, -0.05) is 29.4 Å². The SMILES string of the molecule is [N-]=[N+]=Nc1ccc(C(S(=O)(=O)O)S(=O)(=O)O)cc1. The molecule has 0 atom stereocenters.